The van der Waals surface area contributed by atoms with Crippen LogP contribution >= 0.6 is 0 Å². The molecule has 26 heavy (non-hydrogen) atoms. The summed E-state index contributed by atoms with van der Waals surface area (Å²) >= 11 is 0. The van der Waals surface area contributed by atoms with Crippen LogP contribution in [-0.4, -0.2) is 17.5 Å². The zero-order valence-corrected chi connectivity index (χ0v) is 15.8. The molecule has 3 heteroatoms. The van der Waals surface area contributed by atoms with Gasteiger partial charge in [0.2, 0.25) is 0 Å². The standard InChI is InChI=1S/C23H25NO2/c1-16-15-21(22(25)19-11-7-5-8-12-19)17(2)24(16)18(3)23(26-4)20-13-9-6-10-14-20/h5-15,18,23H,1-4H3. The Morgan fingerprint density at radius 1 is 0.962 bits per heavy atom. The first kappa shape index (κ1) is 18.2. The van der Waals surface area contributed by atoms with E-state index in [-0.39, 0.29) is 17.9 Å². The van der Waals surface area contributed by atoms with Gasteiger partial charge in [-0.25, -0.2) is 0 Å². The second-order valence-electron chi connectivity index (χ2n) is 6.66. The highest BCUT2D eigenvalue weighted by molar-refractivity contribution is 6.09. The van der Waals surface area contributed by atoms with Crippen molar-refractivity contribution in [2.75, 3.05) is 7.11 Å². The van der Waals surface area contributed by atoms with Gasteiger partial charge in [-0.2, -0.15) is 0 Å². The van der Waals surface area contributed by atoms with Crippen molar-refractivity contribution in [2.24, 2.45) is 0 Å². The van der Waals surface area contributed by atoms with Gasteiger partial charge in [-0.05, 0) is 32.4 Å². The van der Waals surface area contributed by atoms with Gasteiger partial charge in [0.25, 0.3) is 0 Å². The normalized spacial score (nSPS) is 13.4. The molecular weight excluding hydrogens is 322 g/mol. The van der Waals surface area contributed by atoms with Crippen LogP contribution in [0, 0.1) is 13.8 Å². The number of aryl methyl sites for hydroxylation is 1. The van der Waals surface area contributed by atoms with E-state index in [9.17, 15) is 4.79 Å². The molecule has 0 N–H and O–H groups in total. The van der Waals surface area contributed by atoms with Gasteiger partial charge in [-0.1, -0.05) is 60.7 Å². The first-order valence-electron chi connectivity index (χ1n) is 8.90. The Hall–Kier alpha value is -2.65. The number of methoxy groups -OCH3 is 1. The van der Waals surface area contributed by atoms with Crippen molar-refractivity contribution in [2.45, 2.75) is 32.9 Å². The fourth-order valence-electron chi connectivity index (χ4n) is 3.77. The molecule has 0 saturated heterocycles. The van der Waals surface area contributed by atoms with Crippen molar-refractivity contribution in [3.8, 4) is 0 Å². The van der Waals surface area contributed by atoms with E-state index in [4.69, 9.17) is 4.74 Å². The molecule has 3 rings (SSSR count). The average Bonchev–Trinajstić information content (AvgIpc) is 2.97. The van der Waals surface area contributed by atoms with E-state index in [1.807, 2.05) is 68.4 Å². The van der Waals surface area contributed by atoms with E-state index in [0.717, 1.165) is 22.5 Å². The topological polar surface area (TPSA) is 31.2 Å². The number of hydrogen-bond acceptors (Lipinski definition) is 2. The summed E-state index contributed by atoms with van der Waals surface area (Å²) in [5, 5.41) is 0. The number of ketones is 1. The molecular formula is C23H25NO2. The highest BCUT2D eigenvalue weighted by Crippen LogP contribution is 2.33. The van der Waals surface area contributed by atoms with Crippen LogP contribution in [0.2, 0.25) is 0 Å². The molecule has 0 bridgehead atoms. The van der Waals surface area contributed by atoms with Crippen LogP contribution in [-0.2, 0) is 4.74 Å². The molecule has 3 aromatic rings. The predicted octanol–water partition coefficient (Wildman–Crippen LogP) is 5.28. The number of carbonyl (C=O) groups excluding carboxylic acids is 1. The quantitative estimate of drug-likeness (QED) is 0.568. The molecule has 1 heterocycles. The third-order valence-electron chi connectivity index (χ3n) is 4.99. The molecule has 0 saturated carbocycles. The van der Waals surface area contributed by atoms with E-state index >= 15 is 0 Å². The summed E-state index contributed by atoms with van der Waals surface area (Å²) in [6.45, 7) is 6.19. The Morgan fingerprint density at radius 3 is 2.12 bits per heavy atom. The summed E-state index contributed by atoms with van der Waals surface area (Å²) in [5.74, 6) is 0.0610. The second-order valence-corrected chi connectivity index (χ2v) is 6.66. The smallest absolute Gasteiger partial charge is 0.194 e. The molecule has 0 amide bonds. The first-order chi connectivity index (χ1) is 12.5. The molecule has 3 nitrogen and oxygen atoms in total. The van der Waals surface area contributed by atoms with Gasteiger partial charge in [0.05, 0.1) is 6.04 Å². The number of rotatable bonds is 6. The Labute approximate surface area is 155 Å². The highest BCUT2D eigenvalue weighted by atomic mass is 16.5. The molecule has 0 aliphatic heterocycles. The molecule has 0 aliphatic rings. The van der Waals surface area contributed by atoms with E-state index in [1.165, 1.54) is 0 Å². The average molecular weight is 347 g/mol. The maximum atomic E-state index is 12.9. The third kappa shape index (κ3) is 3.35. The number of nitrogens with zero attached hydrogens (tertiary/aromatic N) is 1. The molecule has 2 unspecified atom stereocenters. The number of benzene rings is 2. The molecule has 0 aliphatic carbocycles. The van der Waals surface area contributed by atoms with Crippen molar-refractivity contribution in [3.05, 3.63) is 94.8 Å². The summed E-state index contributed by atoms with van der Waals surface area (Å²) in [7, 11) is 1.73. The summed E-state index contributed by atoms with van der Waals surface area (Å²) in [6.07, 6.45) is -0.0827. The number of aromatic nitrogens is 1. The monoisotopic (exact) mass is 347 g/mol. The van der Waals surface area contributed by atoms with Crippen LogP contribution in [0.4, 0.5) is 0 Å². The lowest BCUT2D eigenvalue weighted by Gasteiger charge is -2.27. The van der Waals surface area contributed by atoms with Gasteiger partial charge < -0.3 is 9.30 Å². The van der Waals surface area contributed by atoms with Crippen molar-refractivity contribution < 1.29 is 9.53 Å². The number of hydrogen-bond donors (Lipinski definition) is 0. The van der Waals surface area contributed by atoms with Crippen LogP contribution in [0.25, 0.3) is 0 Å². The van der Waals surface area contributed by atoms with Crippen molar-refractivity contribution in [1.29, 1.82) is 0 Å². The predicted molar refractivity (Wildman–Crippen MR) is 105 cm³/mol. The zero-order valence-electron chi connectivity index (χ0n) is 15.8. The third-order valence-corrected chi connectivity index (χ3v) is 4.99. The molecule has 0 radical (unpaired) electrons. The summed E-state index contributed by atoms with van der Waals surface area (Å²) in [6, 6.07) is 21.7. The van der Waals surface area contributed by atoms with Crippen molar-refractivity contribution in [1.82, 2.24) is 4.57 Å². The minimum absolute atomic E-state index is 0.0610. The Morgan fingerprint density at radius 2 is 1.54 bits per heavy atom. The fourth-order valence-corrected chi connectivity index (χ4v) is 3.77. The summed E-state index contributed by atoms with van der Waals surface area (Å²) in [5.41, 5.74) is 4.63. The second kappa shape index (κ2) is 7.71. The van der Waals surface area contributed by atoms with Gasteiger partial charge >= 0.3 is 0 Å². The van der Waals surface area contributed by atoms with Gasteiger partial charge in [0, 0.05) is 29.6 Å². The Bertz CT molecular complexity index is 881. The van der Waals surface area contributed by atoms with Crippen molar-refractivity contribution >= 4 is 5.78 Å². The maximum Gasteiger partial charge on any atom is 0.194 e. The first-order valence-corrected chi connectivity index (χ1v) is 8.90. The van der Waals surface area contributed by atoms with Crippen LogP contribution in [0.5, 0.6) is 0 Å². The molecule has 134 valence electrons. The minimum atomic E-state index is -0.0827. The lowest BCUT2D eigenvalue weighted by Crippen LogP contribution is -2.19. The van der Waals surface area contributed by atoms with E-state index < -0.39 is 0 Å². The van der Waals surface area contributed by atoms with E-state index in [0.29, 0.717) is 5.56 Å². The summed E-state index contributed by atoms with van der Waals surface area (Å²) in [4.78, 5) is 12.9. The van der Waals surface area contributed by atoms with E-state index in [1.54, 1.807) is 7.11 Å². The molecule has 1 aromatic heterocycles. The summed E-state index contributed by atoms with van der Waals surface area (Å²) < 4.78 is 8.02. The Kier molecular flexibility index (Phi) is 5.38. The van der Waals surface area contributed by atoms with Gasteiger partial charge in [-0.15, -0.1) is 0 Å². The maximum absolute atomic E-state index is 12.9. The minimum Gasteiger partial charge on any atom is -0.375 e. The van der Waals surface area contributed by atoms with Gasteiger partial charge in [-0.3, -0.25) is 4.79 Å². The highest BCUT2D eigenvalue weighted by Gasteiger charge is 2.25. The molecule has 2 aromatic carbocycles. The Balaban J connectivity index is 1.98. The fraction of sp³-hybridized carbons (Fsp3) is 0.261. The van der Waals surface area contributed by atoms with Gasteiger partial charge in [0.15, 0.2) is 5.78 Å². The van der Waals surface area contributed by atoms with Gasteiger partial charge in [0.1, 0.15) is 6.10 Å². The SMILES string of the molecule is COC(c1ccccc1)C(C)n1c(C)cc(C(=O)c2ccccc2)c1C. The largest absolute Gasteiger partial charge is 0.375 e. The molecule has 0 spiro atoms. The molecule has 0 fully saturated rings. The lowest BCUT2D eigenvalue weighted by atomic mass is 10.0. The van der Waals surface area contributed by atoms with Crippen LogP contribution in [0.3, 0.4) is 0 Å². The zero-order chi connectivity index (χ0) is 18.7. The van der Waals surface area contributed by atoms with Crippen LogP contribution in [0.1, 0.15) is 51.9 Å². The van der Waals surface area contributed by atoms with E-state index in [2.05, 4.69) is 23.6 Å². The van der Waals surface area contributed by atoms with Crippen molar-refractivity contribution in [3.63, 3.8) is 0 Å². The number of carbonyl (C=O) groups is 1. The number of ether oxygens (including phenoxy) is 1. The van der Waals surface area contributed by atoms with Crippen LogP contribution in [0.15, 0.2) is 66.7 Å². The molecule has 2 atom stereocenters. The van der Waals surface area contributed by atoms with Crippen LogP contribution < -0.4 is 0 Å². The lowest BCUT2D eigenvalue weighted by molar-refractivity contribution is 0.0609.